The van der Waals surface area contributed by atoms with Crippen LogP contribution < -0.4 is 5.32 Å². The van der Waals surface area contributed by atoms with Gasteiger partial charge in [0.15, 0.2) is 0 Å². The van der Waals surface area contributed by atoms with E-state index in [1.807, 2.05) is 42.5 Å². The van der Waals surface area contributed by atoms with Gasteiger partial charge in [-0.05, 0) is 5.56 Å². The molecule has 0 spiro atoms. The van der Waals surface area contributed by atoms with Gasteiger partial charge in [0.05, 0.1) is 6.00 Å². The first-order valence-corrected chi connectivity index (χ1v) is 5.10. The summed E-state index contributed by atoms with van der Waals surface area (Å²) in [7, 11) is 0. The van der Waals surface area contributed by atoms with Gasteiger partial charge in [0.2, 0.25) is 5.91 Å². The average molecular weight is 222 g/mol. The van der Waals surface area contributed by atoms with Crippen LogP contribution in [0, 0.1) is 0 Å². The van der Waals surface area contributed by atoms with E-state index in [4.69, 9.17) is 11.6 Å². The molecule has 0 aromatic heterocycles. The van der Waals surface area contributed by atoms with Crippen LogP contribution in [0.5, 0.6) is 0 Å². The molecule has 0 aliphatic rings. The average Bonchev–Trinajstić information content (AvgIpc) is 2.26. The summed E-state index contributed by atoms with van der Waals surface area (Å²) in [5, 5.41) is 2.45. The van der Waals surface area contributed by atoms with Crippen molar-refractivity contribution in [1.29, 1.82) is 0 Å². The van der Waals surface area contributed by atoms with Crippen molar-refractivity contribution in [3.8, 4) is 0 Å². The lowest BCUT2D eigenvalue weighted by Crippen LogP contribution is -2.18. The van der Waals surface area contributed by atoms with Crippen LogP contribution >= 0.6 is 11.6 Å². The Hall–Kier alpha value is -1.54. The predicted molar refractivity (Wildman–Crippen MR) is 63.5 cm³/mol. The highest BCUT2D eigenvalue weighted by atomic mass is 35.5. The second kappa shape index (κ2) is 6.85. The molecule has 0 saturated carbocycles. The molecule has 1 aromatic rings. The van der Waals surface area contributed by atoms with Crippen molar-refractivity contribution in [3.05, 3.63) is 54.1 Å². The summed E-state index contributed by atoms with van der Waals surface area (Å²) in [6, 6.07) is 9.99. The zero-order valence-electron chi connectivity index (χ0n) is 8.19. The monoisotopic (exact) mass is 221 g/mol. The molecule has 0 aliphatic heterocycles. The van der Waals surface area contributed by atoms with Crippen molar-refractivity contribution in [3.63, 3.8) is 0 Å². The molecule has 1 amide bonds. The molecule has 78 valence electrons. The van der Waals surface area contributed by atoms with Crippen molar-refractivity contribution in [2.75, 3.05) is 6.00 Å². The molecule has 0 aliphatic carbocycles. The summed E-state index contributed by atoms with van der Waals surface area (Å²) in [6.45, 7) is 0. The zero-order chi connectivity index (χ0) is 10.9. The molecule has 0 radical (unpaired) electrons. The van der Waals surface area contributed by atoms with E-state index < -0.39 is 0 Å². The fourth-order valence-electron chi connectivity index (χ4n) is 0.999. The van der Waals surface area contributed by atoms with Crippen LogP contribution in [-0.4, -0.2) is 11.9 Å². The van der Waals surface area contributed by atoms with Crippen LogP contribution in [0.3, 0.4) is 0 Å². The minimum absolute atomic E-state index is 0.131. The van der Waals surface area contributed by atoms with Gasteiger partial charge in [-0.25, -0.2) is 0 Å². The number of halogens is 1. The molecule has 2 nitrogen and oxygen atoms in total. The third-order valence-electron chi connectivity index (χ3n) is 1.69. The SMILES string of the molecule is O=C(C=CC=Cc1ccccc1)NCCl. The van der Waals surface area contributed by atoms with Crippen LogP contribution in [0.1, 0.15) is 5.56 Å². The van der Waals surface area contributed by atoms with Gasteiger partial charge in [0.1, 0.15) is 0 Å². The number of allylic oxidation sites excluding steroid dienone is 2. The fourth-order valence-corrected chi connectivity index (χ4v) is 1.13. The fraction of sp³-hybridized carbons (Fsp3) is 0.0833. The maximum atomic E-state index is 10.9. The normalized spacial score (nSPS) is 11.0. The van der Waals surface area contributed by atoms with Crippen molar-refractivity contribution in [2.24, 2.45) is 0 Å². The maximum Gasteiger partial charge on any atom is 0.244 e. The van der Waals surface area contributed by atoms with Crippen molar-refractivity contribution in [1.82, 2.24) is 5.32 Å². The van der Waals surface area contributed by atoms with E-state index in [2.05, 4.69) is 5.32 Å². The molecule has 0 heterocycles. The molecule has 0 saturated heterocycles. The van der Waals surface area contributed by atoms with Gasteiger partial charge in [-0.3, -0.25) is 4.79 Å². The smallest absolute Gasteiger partial charge is 0.244 e. The van der Waals surface area contributed by atoms with Gasteiger partial charge in [-0.15, -0.1) is 11.6 Å². The first-order valence-electron chi connectivity index (χ1n) is 4.56. The Kier molecular flexibility index (Phi) is 5.26. The molecule has 1 N–H and O–H groups in total. The zero-order valence-corrected chi connectivity index (χ0v) is 8.95. The van der Waals surface area contributed by atoms with Crippen LogP contribution in [0.25, 0.3) is 6.08 Å². The summed E-state index contributed by atoms with van der Waals surface area (Å²) in [4.78, 5) is 10.9. The highest BCUT2D eigenvalue weighted by Crippen LogP contribution is 2.00. The molecule has 3 heteroatoms. The molecule has 0 bridgehead atoms. The molecule has 0 atom stereocenters. The Morgan fingerprint density at radius 2 is 2.00 bits per heavy atom. The number of carbonyl (C=O) groups excluding carboxylic acids is 1. The van der Waals surface area contributed by atoms with Gasteiger partial charge in [0.25, 0.3) is 0 Å². The summed E-state index contributed by atoms with van der Waals surface area (Å²) in [6.07, 6.45) is 6.84. The summed E-state index contributed by atoms with van der Waals surface area (Å²) < 4.78 is 0. The van der Waals surface area contributed by atoms with Crippen LogP contribution in [0.2, 0.25) is 0 Å². The van der Waals surface area contributed by atoms with E-state index in [0.717, 1.165) is 5.56 Å². The topological polar surface area (TPSA) is 29.1 Å². The van der Waals surface area contributed by atoms with Gasteiger partial charge < -0.3 is 5.32 Å². The lowest BCUT2D eigenvalue weighted by Gasteiger charge is -1.91. The van der Waals surface area contributed by atoms with E-state index in [9.17, 15) is 4.79 Å². The Balaban J connectivity index is 2.43. The van der Waals surface area contributed by atoms with E-state index >= 15 is 0 Å². The minimum atomic E-state index is -0.192. The molecule has 15 heavy (non-hydrogen) atoms. The van der Waals surface area contributed by atoms with Crippen molar-refractivity contribution >= 4 is 23.6 Å². The number of amides is 1. The van der Waals surface area contributed by atoms with Gasteiger partial charge in [-0.2, -0.15) is 0 Å². The predicted octanol–water partition coefficient (Wildman–Crippen LogP) is 2.57. The molecule has 0 unspecified atom stereocenters. The molecule has 0 fully saturated rings. The highest BCUT2D eigenvalue weighted by Gasteiger charge is 1.88. The van der Waals surface area contributed by atoms with Gasteiger partial charge in [-0.1, -0.05) is 48.6 Å². The minimum Gasteiger partial charge on any atom is -0.339 e. The second-order valence-electron chi connectivity index (χ2n) is 2.80. The van der Waals surface area contributed by atoms with E-state index in [1.54, 1.807) is 6.08 Å². The maximum absolute atomic E-state index is 10.9. The number of carbonyl (C=O) groups is 1. The quantitative estimate of drug-likeness (QED) is 0.360. The Bertz CT molecular complexity index is 357. The Labute approximate surface area is 94.3 Å². The summed E-state index contributed by atoms with van der Waals surface area (Å²) >= 11 is 5.32. The standard InChI is InChI=1S/C12H12ClNO/c13-10-14-12(15)9-5-4-8-11-6-2-1-3-7-11/h1-9H,10H2,(H,14,15). The van der Waals surface area contributed by atoms with E-state index in [1.165, 1.54) is 6.08 Å². The Morgan fingerprint density at radius 1 is 1.27 bits per heavy atom. The van der Waals surface area contributed by atoms with Crippen LogP contribution in [0.4, 0.5) is 0 Å². The molecule has 1 rings (SSSR count). The number of rotatable bonds is 4. The van der Waals surface area contributed by atoms with E-state index in [0.29, 0.717) is 0 Å². The summed E-state index contributed by atoms with van der Waals surface area (Å²) in [5.74, 6) is -0.192. The van der Waals surface area contributed by atoms with Crippen LogP contribution in [-0.2, 0) is 4.79 Å². The number of alkyl halides is 1. The number of nitrogens with one attached hydrogen (secondary N) is 1. The number of benzene rings is 1. The van der Waals surface area contributed by atoms with Gasteiger partial charge in [0, 0.05) is 6.08 Å². The van der Waals surface area contributed by atoms with Crippen molar-refractivity contribution < 1.29 is 4.79 Å². The lowest BCUT2D eigenvalue weighted by molar-refractivity contribution is -0.116. The third-order valence-corrected chi connectivity index (χ3v) is 1.82. The molecular weight excluding hydrogens is 210 g/mol. The molecule has 1 aromatic carbocycles. The second-order valence-corrected chi connectivity index (χ2v) is 3.07. The van der Waals surface area contributed by atoms with Crippen molar-refractivity contribution in [2.45, 2.75) is 0 Å². The van der Waals surface area contributed by atoms with E-state index in [-0.39, 0.29) is 11.9 Å². The highest BCUT2D eigenvalue weighted by molar-refractivity contribution is 6.18. The van der Waals surface area contributed by atoms with Crippen LogP contribution in [0.15, 0.2) is 48.6 Å². The lowest BCUT2D eigenvalue weighted by atomic mass is 10.2. The largest absolute Gasteiger partial charge is 0.339 e. The Morgan fingerprint density at radius 3 is 2.67 bits per heavy atom. The molecular formula is C12H12ClNO. The van der Waals surface area contributed by atoms with Gasteiger partial charge >= 0.3 is 0 Å². The number of hydrogen-bond donors (Lipinski definition) is 1. The first kappa shape index (κ1) is 11.5. The third kappa shape index (κ3) is 5.03. The number of hydrogen-bond acceptors (Lipinski definition) is 1. The summed E-state index contributed by atoms with van der Waals surface area (Å²) in [5.41, 5.74) is 1.10. The first-order chi connectivity index (χ1) is 7.33.